The van der Waals surface area contributed by atoms with Crippen LogP contribution in [0.1, 0.15) is 104 Å². The highest BCUT2D eigenvalue weighted by Crippen LogP contribution is 2.58. The van der Waals surface area contributed by atoms with Gasteiger partial charge in [-0.05, 0) is 37.0 Å². The van der Waals surface area contributed by atoms with Gasteiger partial charge in [0.25, 0.3) is 0 Å². The predicted molar refractivity (Wildman–Crippen MR) is 206 cm³/mol. The fraction of sp³-hybridized carbons (Fsp3) is 0.690. The fourth-order valence-electron chi connectivity index (χ4n) is 8.92. The van der Waals surface area contributed by atoms with E-state index in [1.807, 2.05) is 0 Å². The first-order valence-corrected chi connectivity index (χ1v) is 20.7. The SMILES string of the molecule is CCCCCC1(CCCCC)OC2C3CC4(C(=O)NC(C(=O)NCCO)C(C)O)C(ON(Cc5ccccc5C=CC(=O)OC5C(=O)OCC5(C)C)C4C(=O)O3)C2O1. The number of esters is 3. The minimum absolute atomic E-state index is 0.000931. The number of aliphatic hydroxyl groups excluding tert-OH is 2. The summed E-state index contributed by atoms with van der Waals surface area (Å²) in [6, 6.07) is 4.38. The van der Waals surface area contributed by atoms with Crippen molar-refractivity contribution in [3.8, 4) is 0 Å². The molecule has 2 bridgehead atoms. The van der Waals surface area contributed by atoms with Crippen LogP contribution in [0.25, 0.3) is 6.08 Å². The molecule has 9 atom stereocenters. The number of unbranched alkanes of at least 4 members (excludes halogenated alkanes) is 4. The van der Waals surface area contributed by atoms with Crippen molar-refractivity contribution in [2.75, 3.05) is 19.8 Å². The second-order valence-electron chi connectivity index (χ2n) is 16.9. The highest BCUT2D eigenvalue weighted by molar-refractivity contribution is 5.96. The van der Waals surface area contributed by atoms with Gasteiger partial charge in [0.1, 0.15) is 42.5 Å². The number of carbonyl (C=O) groups excluding carboxylic acids is 5. The molecule has 5 aliphatic rings. The first kappa shape index (κ1) is 43.6. The number of nitrogens with zero attached hydrogens (tertiary/aromatic N) is 1. The van der Waals surface area contributed by atoms with Crippen LogP contribution in [0.3, 0.4) is 0 Å². The van der Waals surface area contributed by atoms with E-state index in [1.165, 1.54) is 24.1 Å². The maximum Gasteiger partial charge on any atom is 0.348 e. The molecule has 0 spiro atoms. The second kappa shape index (κ2) is 18.1. The lowest BCUT2D eigenvalue weighted by atomic mass is 9.62. The number of hydrogen-bond acceptors (Lipinski definition) is 14. The van der Waals surface area contributed by atoms with Crippen molar-refractivity contribution in [3.63, 3.8) is 0 Å². The highest BCUT2D eigenvalue weighted by Gasteiger charge is 2.76. The maximum atomic E-state index is 14.9. The Labute approximate surface area is 339 Å². The van der Waals surface area contributed by atoms with Crippen molar-refractivity contribution in [1.29, 1.82) is 0 Å². The van der Waals surface area contributed by atoms with Gasteiger partial charge >= 0.3 is 17.9 Å². The zero-order chi connectivity index (χ0) is 41.8. The molecule has 1 aliphatic carbocycles. The molecule has 1 aromatic carbocycles. The number of carbonyl (C=O) groups is 5. The van der Waals surface area contributed by atoms with E-state index in [2.05, 4.69) is 24.5 Å². The quantitative estimate of drug-likeness (QED) is 0.0686. The summed E-state index contributed by atoms with van der Waals surface area (Å²) in [6.07, 6.45) is 3.68. The van der Waals surface area contributed by atoms with Crippen LogP contribution in [0.4, 0.5) is 0 Å². The van der Waals surface area contributed by atoms with E-state index in [1.54, 1.807) is 38.1 Å². The Morgan fingerprint density at radius 3 is 2.34 bits per heavy atom. The average molecular weight is 814 g/mol. The van der Waals surface area contributed by atoms with E-state index in [9.17, 15) is 34.2 Å². The summed E-state index contributed by atoms with van der Waals surface area (Å²) < 4.78 is 30.4. The molecular weight excluding hydrogens is 754 g/mol. The molecular formula is C42H59N3O13. The number of aliphatic hydroxyl groups is 2. The molecule has 2 amide bonds. The van der Waals surface area contributed by atoms with Gasteiger partial charge in [-0.25, -0.2) is 9.59 Å². The summed E-state index contributed by atoms with van der Waals surface area (Å²) in [7, 11) is 0. The number of amides is 2. The average Bonchev–Trinajstić information content (AvgIpc) is 3.83. The molecule has 16 nitrogen and oxygen atoms in total. The van der Waals surface area contributed by atoms with Gasteiger partial charge < -0.3 is 44.5 Å². The Morgan fingerprint density at radius 1 is 1.02 bits per heavy atom. The van der Waals surface area contributed by atoms with Gasteiger partial charge in [0.15, 0.2) is 11.8 Å². The summed E-state index contributed by atoms with van der Waals surface area (Å²) in [6.45, 7) is 8.79. The summed E-state index contributed by atoms with van der Waals surface area (Å²) in [5.74, 6) is -4.46. The Morgan fingerprint density at radius 2 is 1.71 bits per heavy atom. The van der Waals surface area contributed by atoms with Gasteiger partial charge in [0, 0.05) is 37.3 Å². The van der Waals surface area contributed by atoms with Crippen LogP contribution in [0.2, 0.25) is 0 Å². The van der Waals surface area contributed by atoms with E-state index in [0.717, 1.165) is 38.5 Å². The normalized spacial score (nSPS) is 30.3. The summed E-state index contributed by atoms with van der Waals surface area (Å²) in [5, 5.41) is 26.6. The third kappa shape index (κ3) is 8.68. The minimum atomic E-state index is -1.64. The number of cyclic esters (lactones) is 1. The van der Waals surface area contributed by atoms with Crippen LogP contribution in [0.5, 0.6) is 0 Å². The number of fused-ring (bicyclic) bond motifs is 4. The molecule has 4 aliphatic heterocycles. The second-order valence-corrected chi connectivity index (χ2v) is 16.9. The summed E-state index contributed by atoms with van der Waals surface area (Å²) in [5.41, 5.74) is -1.13. The van der Waals surface area contributed by atoms with Gasteiger partial charge in [-0.1, -0.05) is 77.6 Å². The molecule has 6 rings (SSSR count). The molecule has 4 saturated heterocycles. The zero-order valence-corrected chi connectivity index (χ0v) is 34.1. The molecule has 1 aromatic rings. The zero-order valence-electron chi connectivity index (χ0n) is 34.1. The lowest BCUT2D eigenvalue weighted by molar-refractivity contribution is -0.224. The lowest BCUT2D eigenvalue weighted by Crippen LogP contribution is -2.71. The standard InChI is InChI=1S/C42H59N3O13/c1-6-8-12-18-41(19-13-9-7-2)56-31-28-22-42(39(52)44-30(25(3)47)36(49)43-20-21-46)33(37(50)54-28)45(58-34(42)32(31)57-41)23-27-15-11-10-14-26(27)16-17-29(48)55-35-38(51)53-24-40(35,4)5/h10-11,14-17,25,28,30-35,46-47H,6-9,12-13,18-24H2,1-5H3,(H,43,49)(H,44,52). The van der Waals surface area contributed by atoms with E-state index >= 15 is 0 Å². The molecule has 4 heterocycles. The van der Waals surface area contributed by atoms with Crippen LogP contribution in [0.15, 0.2) is 30.3 Å². The number of hydrogen-bond donors (Lipinski definition) is 4. The monoisotopic (exact) mass is 813 g/mol. The van der Waals surface area contributed by atoms with E-state index < -0.39 is 95.0 Å². The van der Waals surface area contributed by atoms with Gasteiger partial charge in [-0.15, -0.1) is 0 Å². The number of ether oxygens (including phenoxy) is 5. The van der Waals surface area contributed by atoms with Gasteiger partial charge in [0.2, 0.25) is 17.9 Å². The van der Waals surface area contributed by atoms with Crippen LogP contribution < -0.4 is 10.6 Å². The third-order valence-electron chi connectivity index (χ3n) is 12.0. The molecule has 9 unspecified atom stereocenters. The Hall–Kier alpha value is -3.93. The first-order chi connectivity index (χ1) is 27.7. The smallest absolute Gasteiger partial charge is 0.348 e. The minimum Gasteiger partial charge on any atom is -0.462 e. The molecule has 0 radical (unpaired) electrons. The highest BCUT2D eigenvalue weighted by atomic mass is 16.8. The largest absolute Gasteiger partial charge is 0.462 e. The Balaban J connectivity index is 1.33. The van der Waals surface area contributed by atoms with Crippen LogP contribution >= 0.6 is 0 Å². The number of nitrogens with one attached hydrogen (secondary N) is 2. The van der Waals surface area contributed by atoms with Crippen LogP contribution in [0, 0.1) is 10.8 Å². The molecule has 0 aromatic heterocycles. The van der Waals surface area contributed by atoms with Crippen molar-refractivity contribution in [3.05, 3.63) is 41.5 Å². The molecule has 58 heavy (non-hydrogen) atoms. The molecule has 16 heteroatoms. The summed E-state index contributed by atoms with van der Waals surface area (Å²) >= 11 is 0. The van der Waals surface area contributed by atoms with Gasteiger partial charge in [-0.3, -0.25) is 19.2 Å². The Kier molecular flexibility index (Phi) is 13.6. The number of hydroxylamine groups is 2. The lowest BCUT2D eigenvalue weighted by Gasteiger charge is -2.49. The molecule has 320 valence electrons. The molecule has 4 N–H and O–H groups in total. The number of benzene rings is 1. The topological polar surface area (TPSA) is 208 Å². The summed E-state index contributed by atoms with van der Waals surface area (Å²) in [4.78, 5) is 74.2. The van der Waals surface area contributed by atoms with E-state index in [4.69, 9.17) is 28.5 Å². The van der Waals surface area contributed by atoms with Crippen molar-refractivity contribution in [2.24, 2.45) is 10.8 Å². The van der Waals surface area contributed by atoms with Crippen molar-refractivity contribution in [2.45, 2.75) is 153 Å². The number of rotatable bonds is 19. The fourth-order valence-corrected chi connectivity index (χ4v) is 8.92. The predicted octanol–water partition coefficient (Wildman–Crippen LogP) is 2.61. The van der Waals surface area contributed by atoms with Crippen LogP contribution in [-0.4, -0.2) is 119 Å². The van der Waals surface area contributed by atoms with E-state index in [0.29, 0.717) is 24.0 Å². The maximum absolute atomic E-state index is 14.9. The van der Waals surface area contributed by atoms with Crippen LogP contribution in [-0.2, 0) is 59.0 Å². The van der Waals surface area contributed by atoms with Crippen molar-refractivity contribution >= 4 is 35.8 Å². The van der Waals surface area contributed by atoms with Gasteiger partial charge in [-0.2, -0.15) is 5.06 Å². The third-order valence-corrected chi connectivity index (χ3v) is 12.0. The van der Waals surface area contributed by atoms with Gasteiger partial charge in [0.05, 0.1) is 19.3 Å². The van der Waals surface area contributed by atoms with E-state index in [-0.39, 0.29) is 32.7 Å². The van der Waals surface area contributed by atoms with Crippen molar-refractivity contribution < 1.29 is 62.7 Å². The first-order valence-electron chi connectivity index (χ1n) is 20.7. The molecule has 1 saturated carbocycles. The Bertz CT molecular complexity index is 1710. The van der Waals surface area contributed by atoms with Crippen molar-refractivity contribution in [1.82, 2.24) is 15.7 Å². The molecule has 5 fully saturated rings.